The van der Waals surface area contributed by atoms with E-state index < -0.39 is 11.9 Å². The number of carboxylic acid groups (broad SMARTS) is 2. The minimum absolute atomic E-state index is 0.00130. The van der Waals surface area contributed by atoms with Crippen molar-refractivity contribution in [2.75, 3.05) is 0 Å². The normalized spacial score (nSPS) is 12.4. The summed E-state index contributed by atoms with van der Waals surface area (Å²) in [7, 11) is 0. The van der Waals surface area contributed by atoms with Crippen molar-refractivity contribution in [3.05, 3.63) is 0 Å². The molecule has 0 aromatic carbocycles. The molecule has 1 unspecified atom stereocenters. The van der Waals surface area contributed by atoms with E-state index in [1.807, 2.05) is 6.92 Å². The Kier molecular flexibility index (Phi) is 5.08. The Morgan fingerprint density at radius 1 is 1.25 bits per heavy atom. The fourth-order valence-electron chi connectivity index (χ4n) is 1.03. The zero-order valence-corrected chi connectivity index (χ0v) is 7.12. The van der Waals surface area contributed by atoms with Gasteiger partial charge in [-0.2, -0.15) is 0 Å². The number of aliphatic carboxylic acids is 2. The third-order valence-corrected chi connectivity index (χ3v) is 1.81. The maximum Gasteiger partial charge on any atom is 0.303 e. The van der Waals surface area contributed by atoms with Crippen LogP contribution in [0.1, 0.15) is 32.6 Å². The van der Waals surface area contributed by atoms with Crippen LogP contribution in [0.25, 0.3) is 0 Å². The van der Waals surface area contributed by atoms with Crippen LogP contribution in [-0.2, 0) is 9.59 Å². The van der Waals surface area contributed by atoms with Gasteiger partial charge in [0.25, 0.3) is 0 Å². The molecule has 0 rings (SSSR count). The van der Waals surface area contributed by atoms with E-state index in [1.165, 1.54) is 0 Å². The lowest BCUT2D eigenvalue weighted by molar-refractivity contribution is -0.140. The summed E-state index contributed by atoms with van der Waals surface area (Å²) in [6, 6.07) is 0. The van der Waals surface area contributed by atoms with Crippen molar-refractivity contribution >= 4 is 11.9 Å². The lowest BCUT2D eigenvalue weighted by Crippen LogP contribution is -2.09. The van der Waals surface area contributed by atoms with E-state index in [9.17, 15) is 9.59 Å². The van der Waals surface area contributed by atoms with Crippen molar-refractivity contribution in [3.63, 3.8) is 0 Å². The summed E-state index contributed by atoms with van der Waals surface area (Å²) in [5.74, 6) is -1.72. The third-order valence-electron chi connectivity index (χ3n) is 1.81. The van der Waals surface area contributed by atoms with Crippen molar-refractivity contribution in [1.29, 1.82) is 0 Å². The summed E-state index contributed by atoms with van der Waals surface area (Å²) in [5.41, 5.74) is 0. The van der Waals surface area contributed by atoms with Gasteiger partial charge in [-0.1, -0.05) is 13.3 Å². The topological polar surface area (TPSA) is 74.6 Å². The molecule has 12 heavy (non-hydrogen) atoms. The second kappa shape index (κ2) is 5.57. The zero-order chi connectivity index (χ0) is 9.56. The largest absolute Gasteiger partial charge is 0.481 e. The predicted octanol–water partition coefficient (Wildman–Crippen LogP) is 1.35. The number of hydrogen-bond donors (Lipinski definition) is 2. The van der Waals surface area contributed by atoms with Crippen LogP contribution in [0.3, 0.4) is 0 Å². The Morgan fingerprint density at radius 3 is 2.17 bits per heavy atom. The molecule has 0 heterocycles. The molecule has 2 N–H and O–H groups in total. The molecular weight excluding hydrogens is 160 g/mol. The maximum absolute atomic E-state index is 10.3. The van der Waals surface area contributed by atoms with Crippen LogP contribution < -0.4 is 0 Å². The van der Waals surface area contributed by atoms with Gasteiger partial charge in [-0.25, -0.2) is 0 Å². The number of carbonyl (C=O) groups is 2. The summed E-state index contributed by atoms with van der Waals surface area (Å²) in [6.45, 7) is 1.87. The highest BCUT2D eigenvalue weighted by Crippen LogP contribution is 2.14. The first-order chi connectivity index (χ1) is 5.56. The number of hydrogen-bond acceptors (Lipinski definition) is 2. The lowest BCUT2D eigenvalue weighted by atomic mass is 9.97. The van der Waals surface area contributed by atoms with Crippen molar-refractivity contribution < 1.29 is 19.8 Å². The summed E-state index contributed by atoms with van der Waals surface area (Å²) in [5, 5.41) is 16.8. The van der Waals surface area contributed by atoms with Crippen molar-refractivity contribution in [2.24, 2.45) is 5.92 Å². The first-order valence-electron chi connectivity index (χ1n) is 3.99. The van der Waals surface area contributed by atoms with E-state index in [0.717, 1.165) is 6.42 Å². The average molecular weight is 174 g/mol. The molecule has 4 heteroatoms. The fourth-order valence-corrected chi connectivity index (χ4v) is 1.03. The van der Waals surface area contributed by atoms with E-state index in [1.54, 1.807) is 0 Å². The Bertz CT molecular complexity index is 164. The third kappa shape index (κ3) is 5.70. The average Bonchev–Trinajstić information content (AvgIpc) is 1.97. The van der Waals surface area contributed by atoms with Crippen LogP contribution in [-0.4, -0.2) is 22.2 Å². The molecule has 0 amide bonds. The summed E-state index contributed by atoms with van der Waals surface area (Å²) < 4.78 is 0. The molecule has 0 aliphatic carbocycles. The first-order valence-corrected chi connectivity index (χ1v) is 3.99. The molecule has 0 saturated carbocycles. The lowest BCUT2D eigenvalue weighted by Gasteiger charge is -2.09. The van der Waals surface area contributed by atoms with Crippen molar-refractivity contribution in [2.45, 2.75) is 32.6 Å². The SMILES string of the molecule is CCC(CCC(=O)O)CC(=O)O. The summed E-state index contributed by atoms with van der Waals surface area (Å²) in [6.07, 6.45) is 1.31. The summed E-state index contributed by atoms with van der Waals surface area (Å²) in [4.78, 5) is 20.4. The van der Waals surface area contributed by atoms with Gasteiger partial charge in [0, 0.05) is 12.8 Å². The van der Waals surface area contributed by atoms with Crippen LogP contribution >= 0.6 is 0 Å². The number of carboxylic acids is 2. The van der Waals surface area contributed by atoms with Crippen molar-refractivity contribution in [3.8, 4) is 0 Å². The Balaban J connectivity index is 3.67. The van der Waals surface area contributed by atoms with Crippen molar-refractivity contribution in [1.82, 2.24) is 0 Å². The van der Waals surface area contributed by atoms with Crippen LogP contribution in [0.5, 0.6) is 0 Å². The monoisotopic (exact) mass is 174 g/mol. The molecule has 0 aromatic rings. The van der Waals surface area contributed by atoms with Gasteiger partial charge in [-0.05, 0) is 12.3 Å². The molecule has 0 aliphatic rings. The molecule has 0 bridgehead atoms. The predicted molar refractivity (Wildman–Crippen MR) is 42.9 cm³/mol. The van der Waals surface area contributed by atoms with Gasteiger partial charge in [0.05, 0.1) is 0 Å². The maximum atomic E-state index is 10.3. The van der Waals surface area contributed by atoms with E-state index >= 15 is 0 Å². The molecule has 0 aliphatic heterocycles. The van der Waals surface area contributed by atoms with E-state index in [2.05, 4.69) is 0 Å². The fraction of sp³-hybridized carbons (Fsp3) is 0.750. The highest BCUT2D eigenvalue weighted by Gasteiger charge is 2.12. The highest BCUT2D eigenvalue weighted by molar-refractivity contribution is 5.68. The molecule has 0 spiro atoms. The molecule has 0 aromatic heterocycles. The van der Waals surface area contributed by atoms with Gasteiger partial charge in [-0.3, -0.25) is 9.59 Å². The molecular formula is C8H14O4. The standard InChI is InChI=1S/C8H14O4/c1-2-6(5-8(11)12)3-4-7(9)10/h6H,2-5H2,1H3,(H,9,10)(H,11,12). The zero-order valence-electron chi connectivity index (χ0n) is 7.12. The Hall–Kier alpha value is -1.06. The summed E-state index contributed by atoms with van der Waals surface area (Å²) >= 11 is 0. The minimum atomic E-state index is -0.862. The van der Waals surface area contributed by atoms with Crippen LogP contribution in [0.4, 0.5) is 0 Å². The second-order valence-electron chi connectivity index (χ2n) is 2.80. The van der Waals surface area contributed by atoms with Gasteiger partial charge in [-0.15, -0.1) is 0 Å². The van der Waals surface area contributed by atoms with Gasteiger partial charge < -0.3 is 10.2 Å². The Morgan fingerprint density at radius 2 is 1.83 bits per heavy atom. The smallest absolute Gasteiger partial charge is 0.303 e. The van der Waals surface area contributed by atoms with Crippen LogP contribution in [0, 0.1) is 5.92 Å². The molecule has 0 fully saturated rings. The van der Waals surface area contributed by atoms with E-state index in [4.69, 9.17) is 10.2 Å². The van der Waals surface area contributed by atoms with E-state index in [-0.39, 0.29) is 18.8 Å². The minimum Gasteiger partial charge on any atom is -0.481 e. The van der Waals surface area contributed by atoms with Gasteiger partial charge in [0.1, 0.15) is 0 Å². The van der Waals surface area contributed by atoms with Gasteiger partial charge in [0.2, 0.25) is 0 Å². The second-order valence-corrected chi connectivity index (χ2v) is 2.80. The molecule has 0 saturated heterocycles. The Labute approximate surface area is 71.2 Å². The van der Waals surface area contributed by atoms with Crippen LogP contribution in [0.2, 0.25) is 0 Å². The molecule has 4 nitrogen and oxygen atoms in total. The van der Waals surface area contributed by atoms with Crippen LogP contribution in [0.15, 0.2) is 0 Å². The first kappa shape index (κ1) is 10.9. The molecule has 1 atom stereocenters. The number of rotatable bonds is 6. The van der Waals surface area contributed by atoms with Gasteiger partial charge in [0.15, 0.2) is 0 Å². The molecule has 70 valence electrons. The highest BCUT2D eigenvalue weighted by atomic mass is 16.4. The van der Waals surface area contributed by atoms with E-state index in [0.29, 0.717) is 6.42 Å². The van der Waals surface area contributed by atoms with Gasteiger partial charge >= 0.3 is 11.9 Å². The quantitative estimate of drug-likeness (QED) is 0.637. The molecule has 0 radical (unpaired) electrons.